The van der Waals surface area contributed by atoms with Crippen LogP contribution in [0, 0.1) is 6.92 Å². The van der Waals surface area contributed by atoms with Crippen molar-refractivity contribution >= 4 is 23.1 Å². The van der Waals surface area contributed by atoms with Gasteiger partial charge in [-0.25, -0.2) is 0 Å². The first kappa shape index (κ1) is 20.3. The summed E-state index contributed by atoms with van der Waals surface area (Å²) in [6.45, 7) is 1.99. The topological polar surface area (TPSA) is 48.4 Å². The Morgan fingerprint density at radius 1 is 0.657 bits per heavy atom. The van der Waals surface area contributed by atoms with E-state index in [1.54, 1.807) is 0 Å². The maximum absolute atomic E-state index is 15.0. The SMILES string of the molecule is Cc1cc(-c2ccc(-c3ccc4c5c3Oc3ccccc3P5(=O)c3ccccc3O4)cc2)ccn1. The van der Waals surface area contributed by atoms with Gasteiger partial charge in [-0.2, -0.15) is 0 Å². The molecule has 35 heavy (non-hydrogen) atoms. The number of aromatic nitrogens is 1. The molecule has 3 heterocycles. The molecular formula is C30H20NO3P. The summed E-state index contributed by atoms with van der Waals surface area (Å²) in [5, 5.41) is 2.07. The number of pyridine rings is 1. The maximum Gasteiger partial charge on any atom is 0.185 e. The lowest BCUT2D eigenvalue weighted by atomic mass is 9.99. The van der Waals surface area contributed by atoms with Crippen molar-refractivity contribution in [1.82, 2.24) is 4.98 Å². The summed E-state index contributed by atoms with van der Waals surface area (Å²) in [6.07, 6.45) is 1.83. The minimum atomic E-state index is -3.18. The van der Waals surface area contributed by atoms with E-state index in [0.29, 0.717) is 38.9 Å². The number of ether oxygens (including phenoxy) is 2. The molecule has 0 bridgehead atoms. The lowest BCUT2D eigenvalue weighted by Gasteiger charge is -2.35. The second kappa shape index (κ2) is 7.43. The number of hydrogen-bond acceptors (Lipinski definition) is 4. The highest BCUT2D eigenvalue weighted by molar-refractivity contribution is 7.86. The zero-order valence-electron chi connectivity index (χ0n) is 18.9. The van der Waals surface area contributed by atoms with E-state index in [-0.39, 0.29) is 0 Å². The molecule has 0 saturated heterocycles. The van der Waals surface area contributed by atoms with Crippen molar-refractivity contribution < 1.29 is 14.0 Å². The van der Waals surface area contributed by atoms with Crippen molar-refractivity contribution in [3.63, 3.8) is 0 Å². The molecule has 0 amide bonds. The summed E-state index contributed by atoms with van der Waals surface area (Å²) in [6, 6.07) is 31.6. The fourth-order valence-corrected chi connectivity index (χ4v) is 8.11. The molecule has 1 unspecified atom stereocenters. The number of benzene rings is 4. The smallest absolute Gasteiger partial charge is 0.185 e. The Labute approximate surface area is 203 Å². The van der Waals surface area contributed by atoms with Crippen LogP contribution in [0.4, 0.5) is 0 Å². The van der Waals surface area contributed by atoms with Gasteiger partial charge in [0.2, 0.25) is 0 Å². The molecular weight excluding hydrogens is 453 g/mol. The average molecular weight is 473 g/mol. The Kier molecular flexibility index (Phi) is 4.30. The lowest BCUT2D eigenvalue weighted by Crippen LogP contribution is -2.35. The Bertz CT molecular complexity index is 1680. The van der Waals surface area contributed by atoms with Gasteiger partial charge in [0, 0.05) is 17.5 Å². The van der Waals surface area contributed by atoms with Crippen molar-refractivity contribution in [3.05, 3.63) is 109 Å². The van der Waals surface area contributed by atoms with Gasteiger partial charge in [-0.1, -0.05) is 48.5 Å². The van der Waals surface area contributed by atoms with Gasteiger partial charge >= 0.3 is 0 Å². The number of hydrogen-bond donors (Lipinski definition) is 0. The molecule has 168 valence electrons. The van der Waals surface area contributed by atoms with Crippen LogP contribution < -0.4 is 25.4 Å². The second-order valence-corrected chi connectivity index (χ2v) is 11.4. The Balaban J connectivity index is 1.43. The average Bonchev–Trinajstić information content (AvgIpc) is 2.89. The predicted octanol–water partition coefficient (Wildman–Crippen LogP) is 6.57. The number of nitrogens with zero attached hydrogens (tertiary/aromatic N) is 1. The molecule has 1 aromatic heterocycles. The molecule has 1 atom stereocenters. The second-order valence-electron chi connectivity index (χ2n) is 8.80. The van der Waals surface area contributed by atoms with Crippen LogP contribution in [-0.4, -0.2) is 4.98 Å². The first-order chi connectivity index (χ1) is 17.1. The van der Waals surface area contributed by atoms with Crippen molar-refractivity contribution in [2.75, 3.05) is 0 Å². The molecule has 0 aliphatic carbocycles. The zero-order valence-corrected chi connectivity index (χ0v) is 19.8. The lowest BCUT2D eigenvalue weighted by molar-refractivity contribution is 0.463. The van der Waals surface area contributed by atoms with E-state index in [2.05, 4.69) is 35.3 Å². The molecule has 5 aromatic rings. The highest BCUT2D eigenvalue weighted by atomic mass is 31.2. The van der Waals surface area contributed by atoms with Crippen molar-refractivity contribution in [1.29, 1.82) is 0 Å². The summed E-state index contributed by atoms with van der Waals surface area (Å²) in [4.78, 5) is 4.29. The van der Waals surface area contributed by atoms with E-state index in [9.17, 15) is 0 Å². The third-order valence-corrected chi connectivity index (χ3v) is 9.83. The largest absolute Gasteiger partial charge is 0.456 e. The van der Waals surface area contributed by atoms with Crippen LogP contribution in [0.2, 0.25) is 0 Å². The Morgan fingerprint density at radius 3 is 2.03 bits per heavy atom. The molecule has 4 nitrogen and oxygen atoms in total. The molecule has 2 aliphatic heterocycles. The van der Waals surface area contributed by atoms with Crippen LogP contribution in [0.1, 0.15) is 5.69 Å². The van der Waals surface area contributed by atoms with Crippen molar-refractivity contribution in [3.8, 4) is 45.3 Å². The number of rotatable bonds is 2. The summed E-state index contributed by atoms with van der Waals surface area (Å²) in [5.41, 5.74) is 5.09. The van der Waals surface area contributed by atoms with E-state index in [4.69, 9.17) is 9.47 Å². The highest BCUT2D eigenvalue weighted by Gasteiger charge is 2.46. The quantitative estimate of drug-likeness (QED) is 0.266. The van der Waals surface area contributed by atoms with Gasteiger partial charge in [-0.05, 0) is 72.1 Å². The third kappa shape index (κ3) is 2.94. The minimum Gasteiger partial charge on any atom is -0.456 e. The number of aryl methyl sites for hydroxylation is 1. The molecule has 0 N–H and O–H groups in total. The van der Waals surface area contributed by atoms with Crippen LogP contribution in [-0.2, 0) is 4.57 Å². The first-order valence-corrected chi connectivity index (χ1v) is 13.2. The van der Waals surface area contributed by atoms with Crippen LogP contribution >= 0.6 is 7.14 Å². The molecule has 4 aromatic carbocycles. The normalized spacial score (nSPS) is 16.8. The van der Waals surface area contributed by atoms with E-state index in [1.807, 2.05) is 79.9 Å². The van der Waals surface area contributed by atoms with Gasteiger partial charge in [-0.3, -0.25) is 4.98 Å². The molecule has 2 aliphatic rings. The fourth-order valence-electron chi connectivity index (χ4n) is 5.04. The number of fused-ring (bicyclic) bond motifs is 4. The summed E-state index contributed by atoms with van der Waals surface area (Å²) < 4.78 is 27.7. The molecule has 5 heteroatoms. The Hall–Kier alpha value is -4.14. The molecule has 7 rings (SSSR count). The molecule has 0 radical (unpaired) electrons. The van der Waals surface area contributed by atoms with Gasteiger partial charge in [0.15, 0.2) is 7.14 Å². The molecule has 0 spiro atoms. The summed E-state index contributed by atoms with van der Waals surface area (Å²) in [7, 11) is -3.18. The van der Waals surface area contributed by atoms with Gasteiger partial charge in [0.25, 0.3) is 0 Å². The highest BCUT2D eigenvalue weighted by Crippen LogP contribution is 2.59. The monoisotopic (exact) mass is 473 g/mol. The van der Waals surface area contributed by atoms with Crippen LogP contribution in [0.25, 0.3) is 22.3 Å². The van der Waals surface area contributed by atoms with Crippen LogP contribution in [0.15, 0.2) is 103 Å². The summed E-state index contributed by atoms with van der Waals surface area (Å²) >= 11 is 0. The standard InChI is InChI=1S/C30H20NO3P/c1-19-18-22(16-17-31-19)20-10-12-21(13-11-20)23-14-15-26-30-29(23)34-25-7-3-5-9-28(25)35(30,32)27-8-4-2-6-24(27)33-26/h2-18H,1H3. The molecule has 0 saturated carbocycles. The Morgan fingerprint density at radius 2 is 1.31 bits per heavy atom. The van der Waals surface area contributed by atoms with Gasteiger partial charge in [-0.15, -0.1) is 0 Å². The van der Waals surface area contributed by atoms with Crippen LogP contribution in [0.5, 0.6) is 23.0 Å². The van der Waals surface area contributed by atoms with E-state index >= 15 is 4.57 Å². The zero-order chi connectivity index (χ0) is 23.6. The van der Waals surface area contributed by atoms with E-state index in [0.717, 1.165) is 27.9 Å². The maximum atomic E-state index is 15.0. The van der Waals surface area contributed by atoms with Gasteiger partial charge in [0.05, 0.1) is 10.6 Å². The van der Waals surface area contributed by atoms with Gasteiger partial charge in [0.1, 0.15) is 28.3 Å². The predicted molar refractivity (Wildman–Crippen MR) is 139 cm³/mol. The molecule has 0 fully saturated rings. The third-order valence-electron chi connectivity index (χ3n) is 6.68. The van der Waals surface area contributed by atoms with Crippen molar-refractivity contribution in [2.24, 2.45) is 0 Å². The van der Waals surface area contributed by atoms with Crippen molar-refractivity contribution in [2.45, 2.75) is 6.92 Å². The minimum absolute atomic E-state index is 0.587. The van der Waals surface area contributed by atoms with Gasteiger partial charge < -0.3 is 14.0 Å². The van der Waals surface area contributed by atoms with Crippen LogP contribution in [0.3, 0.4) is 0 Å². The summed E-state index contributed by atoms with van der Waals surface area (Å²) in [5.74, 6) is 2.45. The number of para-hydroxylation sites is 2. The van der Waals surface area contributed by atoms with E-state index in [1.165, 1.54) is 0 Å². The first-order valence-electron chi connectivity index (χ1n) is 11.5. The fraction of sp³-hybridized carbons (Fsp3) is 0.0333. The van der Waals surface area contributed by atoms with E-state index < -0.39 is 7.14 Å².